The number of hydrogen-bond donors (Lipinski definition) is 1. The van der Waals surface area contributed by atoms with Crippen LogP contribution in [0, 0.1) is 0 Å². The third kappa shape index (κ3) is 1.83. The fourth-order valence-corrected chi connectivity index (χ4v) is 3.34. The van der Waals surface area contributed by atoms with Crippen LogP contribution in [0.3, 0.4) is 0 Å². The van der Waals surface area contributed by atoms with Crippen molar-refractivity contribution < 1.29 is 8.42 Å². The molecular weight excluding hydrogens is 268 g/mol. The molecule has 0 bridgehead atoms. The summed E-state index contributed by atoms with van der Waals surface area (Å²) in [4.78, 5) is 8.80. The summed E-state index contributed by atoms with van der Waals surface area (Å²) >= 11 is 1.56. The average molecular weight is 278 g/mol. The number of aromatic nitrogens is 2. The van der Waals surface area contributed by atoms with Crippen molar-refractivity contribution in [3.8, 4) is 10.7 Å². The van der Waals surface area contributed by atoms with Crippen LogP contribution >= 0.6 is 11.3 Å². The number of H-pyrrole nitrogens is 1. The molecule has 0 amide bonds. The Labute approximate surface area is 108 Å². The van der Waals surface area contributed by atoms with Gasteiger partial charge in [0.25, 0.3) is 0 Å². The third-order valence-electron chi connectivity index (χ3n) is 2.63. The van der Waals surface area contributed by atoms with Crippen molar-refractivity contribution in [3.05, 3.63) is 35.7 Å². The zero-order chi connectivity index (χ0) is 12.8. The first kappa shape index (κ1) is 11.4. The Morgan fingerprint density at radius 1 is 1.22 bits per heavy atom. The molecule has 0 spiro atoms. The summed E-state index contributed by atoms with van der Waals surface area (Å²) in [5.74, 6) is 0.705. The molecule has 0 aliphatic carbocycles. The number of sulfone groups is 1. The van der Waals surface area contributed by atoms with Gasteiger partial charge in [0, 0.05) is 6.26 Å². The molecule has 0 fully saturated rings. The predicted octanol–water partition coefficient (Wildman–Crippen LogP) is 2.69. The lowest BCUT2D eigenvalue weighted by Gasteiger charge is -1.97. The van der Waals surface area contributed by atoms with Crippen molar-refractivity contribution in [3.63, 3.8) is 0 Å². The van der Waals surface area contributed by atoms with Gasteiger partial charge >= 0.3 is 0 Å². The Hall–Kier alpha value is -1.66. The lowest BCUT2D eigenvalue weighted by Crippen LogP contribution is -1.97. The highest BCUT2D eigenvalue weighted by Gasteiger charge is 2.15. The predicted molar refractivity (Wildman–Crippen MR) is 72.5 cm³/mol. The van der Waals surface area contributed by atoms with Crippen molar-refractivity contribution in [2.75, 3.05) is 6.26 Å². The number of fused-ring (bicyclic) bond motifs is 1. The van der Waals surface area contributed by atoms with Crippen LogP contribution in [0.4, 0.5) is 0 Å². The van der Waals surface area contributed by atoms with Gasteiger partial charge in [-0.3, -0.25) is 0 Å². The van der Waals surface area contributed by atoms with Crippen molar-refractivity contribution in [1.82, 2.24) is 9.97 Å². The minimum absolute atomic E-state index is 0.263. The molecule has 0 radical (unpaired) electrons. The third-order valence-corrected chi connectivity index (χ3v) is 4.63. The van der Waals surface area contributed by atoms with E-state index in [-0.39, 0.29) is 4.90 Å². The van der Waals surface area contributed by atoms with Gasteiger partial charge in [0.05, 0.1) is 15.3 Å². The summed E-state index contributed by atoms with van der Waals surface area (Å²) in [6.45, 7) is 0. The van der Waals surface area contributed by atoms with Crippen LogP contribution in [0.2, 0.25) is 0 Å². The van der Waals surface area contributed by atoms with Gasteiger partial charge in [0.15, 0.2) is 9.84 Å². The van der Waals surface area contributed by atoms with Gasteiger partial charge in [0.1, 0.15) is 11.3 Å². The summed E-state index contributed by atoms with van der Waals surface area (Å²) in [6.07, 6.45) is 1.20. The molecule has 0 aliphatic rings. The van der Waals surface area contributed by atoms with Crippen molar-refractivity contribution in [1.29, 1.82) is 0 Å². The van der Waals surface area contributed by atoms with Crippen LogP contribution in [0.15, 0.2) is 40.6 Å². The second kappa shape index (κ2) is 3.93. The van der Waals surface area contributed by atoms with E-state index in [1.807, 2.05) is 23.6 Å². The molecule has 1 N–H and O–H groups in total. The van der Waals surface area contributed by atoms with Gasteiger partial charge in [0.2, 0.25) is 0 Å². The molecular formula is C12H10N2O2S2. The topological polar surface area (TPSA) is 62.8 Å². The van der Waals surface area contributed by atoms with E-state index in [9.17, 15) is 8.42 Å². The van der Waals surface area contributed by atoms with Gasteiger partial charge in [-0.1, -0.05) is 12.1 Å². The molecule has 18 heavy (non-hydrogen) atoms. The number of para-hydroxylation sites is 1. The molecule has 3 rings (SSSR count). The fourth-order valence-electron chi connectivity index (χ4n) is 1.84. The largest absolute Gasteiger partial charge is 0.337 e. The summed E-state index contributed by atoms with van der Waals surface area (Å²) in [6, 6.07) is 9.01. The number of aromatic amines is 1. The van der Waals surface area contributed by atoms with Gasteiger partial charge < -0.3 is 4.98 Å². The highest BCUT2D eigenvalue weighted by molar-refractivity contribution is 7.91. The summed E-state index contributed by atoms with van der Waals surface area (Å²) in [5.41, 5.74) is 1.24. The molecule has 0 unspecified atom stereocenters. The number of nitrogens with zero attached hydrogens (tertiary/aromatic N) is 1. The van der Waals surface area contributed by atoms with Gasteiger partial charge in [-0.2, -0.15) is 0 Å². The number of benzene rings is 1. The Morgan fingerprint density at radius 2 is 2.06 bits per heavy atom. The zero-order valence-electron chi connectivity index (χ0n) is 9.54. The average Bonchev–Trinajstić information content (AvgIpc) is 2.95. The zero-order valence-corrected chi connectivity index (χ0v) is 11.2. The van der Waals surface area contributed by atoms with E-state index < -0.39 is 9.84 Å². The second-order valence-corrected chi connectivity index (χ2v) is 6.92. The van der Waals surface area contributed by atoms with Crippen LogP contribution in [-0.2, 0) is 9.84 Å². The van der Waals surface area contributed by atoms with Crippen LogP contribution in [0.25, 0.3) is 21.7 Å². The van der Waals surface area contributed by atoms with E-state index in [1.54, 1.807) is 23.5 Å². The monoisotopic (exact) mass is 278 g/mol. The summed E-state index contributed by atoms with van der Waals surface area (Å²) in [7, 11) is -3.26. The number of nitrogens with one attached hydrogen (secondary N) is 1. The summed E-state index contributed by atoms with van der Waals surface area (Å²) in [5, 5.41) is 1.96. The Kier molecular flexibility index (Phi) is 2.49. The SMILES string of the molecule is CS(=O)(=O)c1cccc2[nH]c(-c3cccs3)nc12. The smallest absolute Gasteiger partial charge is 0.177 e. The Balaban J connectivity index is 2.31. The normalized spacial score (nSPS) is 12.1. The van der Waals surface area contributed by atoms with E-state index in [1.165, 1.54) is 6.26 Å². The highest BCUT2D eigenvalue weighted by Crippen LogP contribution is 2.27. The van der Waals surface area contributed by atoms with E-state index in [4.69, 9.17) is 0 Å². The summed E-state index contributed by atoms with van der Waals surface area (Å²) < 4.78 is 23.4. The first-order valence-electron chi connectivity index (χ1n) is 5.28. The van der Waals surface area contributed by atoms with E-state index in [2.05, 4.69) is 9.97 Å². The Morgan fingerprint density at radius 3 is 2.72 bits per heavy atom. The van der Waals surface area contributed by atoms with Crippen LogP contribution in [0.5, 0.6) is 0 Å². The first-order chi connectivity index (χ1) is 8.55. The molecule has 0 saturated heterocycles. The number of rotatable bonds is 2. The van der Waals surface area contributed by atoms with E-state index in [0.29, 0.717) is 11.3 Å². The first-order valence-corrected chi connectivity index (χ1v) is 8.05. The van der Waals surface area contributed by atoms with Crippen LogP contribution in [0.1, 0.15) is 0 Å². The van der Waals surface area contributed by atoms with Crippen LogP contribution in [-0.4, -0.2) is 24.6 Å². The minimum atomic E-state index is -3.26. The lowest BCUT2D eigenvalue weighted by atomic mass is 10.3. The lowest BCUT2D eigenvalue weighted by molar-refractivity contribution is 0.602. The van der Waals surface area contributed by atoms with Gasteiger partial charge in [-0.25, -0.2) is 13.4 Å². The molecule has 2 heterocycles. The fraction of sp³-hybridized carbons (Fsp3) is 0.0833. The minimum Gasteiger partial charge on any atom is -0.337 e. The van der Waals surface area contributed by atoms with Gasteiger partial charge in [-0.15, -0.1) is 11.3 Å². The number of thiophene rings is 1. The molecule has 3 aromatic rings. The quantitative estimate of drug-likeness (QED) is 0.784. The highest BCUT2D eigenvalue weighted by atomic mass is 32.2. The van der Waals surface area contributed by atoms with E-state index in [0.717, 1.165) is 10.4 Å². The van der Waals surface area contributed by atoms with Crippen molar-refractivity contribution in [2.24, 2.45) is 0 Å². The van der Waals surface area contributed by atoms with Crippen LogP contribution < -0.4 is 0 Å². The van der Waals surface area contributed by atoms with Crippen molar-refractivity contribution >= 4 is 32.2 Å². The number of imidazole rings is 1. The maximum absolute atomic E-state index is 11.7. The van der Waals surface area contributed by atoms with Gasteiger partial charge in [-0.05, 0) is 23.6 Å². The molecule has 1 aromatic carbocycles. The number of hydrogen-bond acceptors (Lipinski definition) is 4. The maximum atomic E-state index is 11.7. The molecule has 2 aromatic heterocycles. The van der Waals surface area contributed by atoms with Crippen molar-refractivity contribution in [2.45, 2.75) is 4.90 Å². The molecule has 0 saturated carbocycles. The molecule has 6 heteroatoms. The Bertz CT molecular complexity index is 802. The van der Waals surface area contributed by atoms with E-state index >= 15 is 0 Å². The molecule has 92 valence electrons. The molecule has 0 atom stereocenters. The molecule has 0 aliphatic heterocycles. The molecule has 4 nitrogen and oxygen atoms in total. The maximum Gasteiger partial charge on any atom is 0.177 e. The standard InChI is InChI=1S/C12H10N2O2S2/c1-18(15,16)10-6-2-4-8-11(10)14-12(13-8)9-5-3-7-17-9/h2-7H,1H3,(H,13,14). The second-order valence-electron chi connectivity index (χ2n) is 3.99.